The molecule has 0 unspecified atom stereocenters. The Morgan fingerprint density at radius 2 is 2.00 bits per heavy atom. The largest absolute Gasteiger partial charge is 0.431 e. The molecule has 0 N–H and O–H groups in total. The fourth-order valence-corrected chi connectivity index (χ4v) is 2.31. The number of ether oxygens (including phenoxy) is 1. The average molecular weight is 313 g/mol. The Morgan fingerprint density at radius 3 is 2.53 bits per heavy atom. The molecule has 2 rings (SSSR count). The number of halogens is 4. The first kappa shape index (κ1) is 12.9. The molecule has 0 amide bonds. The van der Waals surface area contributed by atoms with E-state index < -0.39 is 5.82 Å². The van der Waals surface area contributed by atoms with Crippen LogP contribution in [0.15, 0.2) is 12.1 Å². The Balaban J connectivity index is 2.30. The summed E-state index contributed by atoms with van der Waals surface area (Å²) in [5, 5.41) is 0.643. The summed E-state index contributed by atoms with van der Waals surface area (Å²) in [5.74, 6) is -0.421. The summed E-state index contributed by atoms with van der Waals surface area (Å²) in [5.41, 5.74) is 0. The summed E-state index contributed by atoms with van der Waals surface area (Å²) >= 11 is 18.4. The molecule has 0 aliphatic rings. The van der Waals surface area contributed by atoms with Crippen molar-refractivity contribution in [3.8, 4) is 10.9 Å². The number of thiazole rings is 1. The van der Waals surface area contributed by atoms with E-state index in [2.05, 4.69) is 4.98 Å². The second-order valence-electron chi connectivity index (χ2n) is 3.13. The summed E-state index contributed by atoms with van der Waals surface area (Å²) < 4.78 is 18.6. The van der Waals surface area contributed by atoms with Crippen molar-refractivity contribution >= 4 is 46.1 Å². The van der Waals surface area contributed by atoms with E-state index >= 15 is 0 Å². The molecule has 1 heterocycles. The predicted molar refractivity (Wildman–Crippen MR) is 68.4 cm³/mol. The third-order valence-electron chi connectivity index (χ3n) is 1.88. The summed E-state index contributed by atoms with van der Waals surface area (Å²) in [6.07, 6.45) is 0. The number of hydrogen-bond acceptors (Lipinski definition) is 3. The molecule has 2 nitrogen and oxygen atoms in total. The van der Waals surface area contributed by atoms with Gasteiger partial charge in [-0.25, -0.2) is 4.39 Å². The molecule has 7 heteroatoms. The fourth-order valence-electron chi connectivity index (χ4n) is 1.09. The van der Waals surface area contributed by atoms with Gasteiger partial charge in [0.05, 0.1) is 10.0 Å². The maximum absolute atomic E-state index is 13.3. The quantitative estimate of drug-likeness (QED) is 0.698. The van der Waals surface area contributed by atoms with Gasteiger partial charge in [-0.05, 0) is 6.92 Å². The van der Waals surface area contributed by atoms with Crippen LogP contribution in [-0.2, 0) is 0 Å². The van der Waals surface area contributed by atoms with Gasteiger partial charge in [0.15, 0.2) is 0 Å². The second-order valence-corrected chi connectivity index (χ2v) is 5.44. The van der Waals surface area contributed by atoms with Crippen LogP contribution in [0.5, 0.6) is 10.9 Å². The fraction of sp³-hybridized carbons (Fsp3) is 0.100. The van der Waals surface area contributed by atoms with Gasteiger partial charge < -0.3 is 4.74 Å². The first-order valence-corrected chi connectivity index (χ1v) is 6.37. The lowest BCUT2D eigenvalue weighted by molar-refractivity contribution is 0.473. The molecule has 0 fully saturated rings. The van der Waals surface area contributed by atoms with Gasteiger partial charge in [-0.1, -0.05) is 46.1 Å². The highest BCUT2D eigenvalue weighted by atomic mass is 35.5. The van der Waals surface area contributed by atoms with Gasteiger partial charge in [-0.3, -0.25) is 0 Å². The van der Waals surface area contributed by atoms with Crippen molar-refractivity contribution < 1.29 is 9.13 Å². The topological polar surface area (TPSA) is 22.1 Å². The lowest BCUT2D eigenvalue weighted by atomic mass is 10.3. The minimum atomic E-state index is -0.645. The number of hydrogen-bond donors (Lipinski definition) is 0. The molecule has 0 aliphatic carbocycles. The highest BCUT2D eigenvalue weighted by molar-refractivity contribution is 7.13. The van der Waals surface area contributed by atoms with Crippen molar-refractivity contribution in [3.05, 3.63) is 38.0 Å². The van der Waals surface area contributed by atoms with Gasteiger partial charge in [0.1, 0.15) is 16.7 Å². The minimum Gasteiger partial charge on any atom is -0.431 e. The van der Waals surface area contributed by atoms with Crippen LogP contribution < -0.4 is 4.74 Å². The Labute approximate surface area is 116 Å². The van der Waals surface area contributed by atoms with Crippen molar-refractivity contribution in [2.75, 3.05) is 0 Å². The van der Waals surface area contributed by atoms with Gasteiger partial charge in [0.25, 0.3) is 5.19 Å². The number of nitrogens with zero attached hydrogens (tertiary/aromatic N) is 1. The van der Waals surface area contributed by atoms with Crippen molar-refractivity contribution in [1.29, 1.82) is 0 Å². The predicted octanol–water partition coefficient (Wildman–Crippen LogP) is 5.34. The van der Waals surface area contributed by atoms with Gasteiger partial charge in [0, 0.05) is 17.0 Å². The van der Waals surface area contributed by atoms with Crippen molar-refractivity contribution in [3.63, 3.8) is 0 Å². The van der Waals surface area contributed by atoms with Gasteiger partial charge in [-0.15, -0.1) is 0 Å². The standard InChI is InChI=1S/C10H5Cl3FNOS/c1-4-9(13)15-10(17-4)16-5-2-6(11)8(12)7(14)3-5/h2-3H,1H3. The Morgan fingerprint density at radius 1 is 1.29 bits per heavy atom. The molecule has 90 valence electrons. The van der Waals surface area contributed by atoms with Crippen LogP contribution in [-0.4, -0.2) is 4.98 Å². The first-order chi connectivity index (χ1) is 7.97. The molecule has 17 heavy (non-hydrogen) atoms. The zero-order valence-corrected chi connectivity index (χ0v) is 11.5. The summed E-state index contributed by atoms with van der Waals surface area (Å²) in [4.78, 5) is 4.77. The number of benzene rings is 1. The Hall–Kier alpha value is -0.550. The third kappa shape index (κ3) is 2.83. The van der Waals surface area contributed by atoms with Crippen LogP contribution in [0.1, 0.15) is 4.88 Å². The summed E-state index contributed by atoms with van der Waals surface area (Å²) in [7, 11) is 0. The molecular formula is C10H5Cl3FNOS. The van der Waals surface area contributed by atoms with Crippen LogP contribution in [0.2, 0.25) is 15.2 Å². The first-order valence-electron chi connectivity index (χ1n) is 4.42. The van der Waals surface area contributed by atoms with E-state index in [0.29, 0.717) is 10.3 Å². The zero-order valence-electron chi connectivity index (χ0n) is 8.43. The smallest absolute Gasteiger partial charge is 0.280 e. The monoisotopic (exact) mass is 311 g/mol. The van der Waals surface area contributed by atoms with Gasteiger partial charge in [0.2, 0.25) is 0 Å². The van der Waals surface area contributed by atoms with Crippen molar-refractivity contribution in [1.82, 2.24) is 4.98 Å². The molecule has 0 spiro atoms. The van der Waals surface area contributed by atoms with Crippen LogP contribution in [0.4, 0.5) is 4.39 Å². The molecular weight excluding hydrogens is 308 g/mol. The van der Waals surface area contributed by atoms with Gasteiger partial charge >= 0.3 is 0 Å². The summed E-state index contributed by atoms with van der Waals surface area (Å²) in [6.45, 7) is 1.81. The molecule has 0 saturated heterocycles. The van der Waals surface area contributed by atoms with Crippen molar-refractivity contribution in [2.24, 2.45) is 0 Å². The molecule has 0 radical (unpaired) electrons. The van der Waals surface area contributed by atoms with E-state index in [1.807, 2.05) is 6.92 Å². The van der Waals surface area contributed by atoms with Crippen molar-refractivity contribution in [2.45, 2.75) is 6.92 Å². The van der Waals surface area contributed by atoms with E-state index in [4.69, 9.17) is 39.5 Å². The molecule has 1 aromatic carbocycles. The molecule has 0 bridgehead atoms. The van der Waals surface area contributed by atoms with Crippen LogP contribution in [0.25, 0.3) is 0 Å². The average Bonchev–Trinajstić information content (AvgIpc) is 2.54. The molecule has 0 aliphatic heterocycles. The van der Waals surface area contributed by atoms with E-state index in [-0.39, 0.29) is 15.8 Å². The summed E-state index contributed by atoms with van der Waals surface area (Å²) in [6, 6.07) is 2.55. The maximum Gasteiger partial charge on any atom is 0.280 e. The Bertz CT molecular complexity index is 530. The SMILES string of the molecule is Cc1sc(Oc2cc(F)c(Cl)c(Cl)c2)nc1Cl. The molecule has 0 saturated carbocycles. The maximum atomic E-state index is 13.3. The van der Waals surface area contributed by atoms with E-state index in [0.717, 1.165) is 10.9 Å². The highest BCUT2D eigenvalue weighted by Crippen LogP contribution is 2.35. The molecule has 0 atom stereocenters. The molecule has 1 aromatic heterocycles. The number of rotatable bonds is 2. The third-order valence-corrected chi connectivity index (χ3v) is 3.99. The second kappa shape index (κ2) is 4.98. The van der Waals surface area contributed by atoms with E-state index in [9.17, 15) is 4.39 Å². The van der Waals surface area contributed by atoms with Crippen LogP contribution in [0, 0.1) is 12.7 Å². The van der Waals surface area contributed by atoms with E-state index in [1.165, 1.54) is 17.4 Å². The minimum absolute atomic E-state index is 0.0843. The number of aryl methyl sites for hydroxylation is 1. The zero-order chi connectivity index (χ0) is 12.6. The van der Waals surface area contributed by atoms with Crippen LogP contribution >= 0.6 is 46.1 Å². The normalized spacial score (nSPS) is 10.6. The van der Waals surface area contributed by atoms with Crippen LogP contribution in [0.3, 0.4) is 0 Å². The lowest BCUT2D eigenvalue weighted by Gasteiger charge is -2.04. The van der Waals surface area contributed by atoms with Gasteiger partial charge in [-0.2, -0.15) is 4.98 Å². The lowest BCUT2D eigenvalue weighted by Crippen LogP contribution is -1.86. The Kier molecular flexibility index (Phi) is 3.78. The number of aromatic nitrogens is 1. The van der Waals surface area contributed by atoms with E-state index in [1.54, 1.807) is 0 Å². The molecule has 2 aromatic rings. The highest BCUT2D eigenvalue weighted by Gasteiger charge is 2.11.